The predicted molar refractivity (Wildman–Crippen MR) is 133 cm³/mol. The van der Waals surface area contributed by atoms with E-state index in [-0.39, 0.29) is 11.8 Å². The molecule has 34 heavy (non-hydrogen) atoms. The summed E-state index contributed by atoms with van der Waals surface area (Å²) >= 11 is 0. The van der Waals surface area contributed by atoms with Crippen molar-refractivity contribution in [1.82, 2.24) is 0 Å². The molecule has 3 aromatic rings. The maximum absolute atomic E-state index is 13.6. The lowest BCUT2D eigenvalue weighted by Crippen LogP contribution is -2.47. The van der Waals surface area contributed by atoms with Gasteiger partial charge in [-0.3, -0.25) is 9.59 Å². The van der Waals surface area contributed by atoms with Gasteiger partial charge in [-0.1, -0.05) is 37.3 Å². The van der Waals surface area contributed by atoms with Crippen molar-refractivity contribution < 1.29 is 19.1 Å². The number of methoxy groups -OCH3 is 2. The Labute approximate surface area is 200 Å². The quantitative estimate of drug-likeness (QED) is 0.516. The number of piperidine rings is 1. The van der Waals surface area contributed by atoms with E-state index < -0.39 is 12.0 Å². The second-order valence-electron chi connectivity index (χ2n) is 8.32. The van der Waals surface area contributed by atoms with Crippen LogP contribution in [0.25, 0.3) is 0 Å². The van der Waals surface area contributed by atoms with E-state index in [0.717, 1.165) is 34.7 Å². The van der Waals surface area contributed by atoms with Crippen molar-refractivity contribution in [3.05, 3.63) is 83.9 Å². The van der Waals surface area contributed by atoms with Gasteiger partial charge in [0.1, 0.15) is 11.5 Å². The van der Waals surface area contributed by atoms with Gasteiger partial charge in [-0.05, 0) is 66.4 Å². The zero-order valence-corrected chi connectivity index (χ0v) is 19.8. The number of rotatable bonds is 7. The Bertz CT molecular complexity index is 1140. The number of carbonyl (C=O) groups excluding carboxylic acids is 2. The molecule has 176 valence electrons. The number of anilines is 2. The molecule has 1 N–H and O–H groups in total. The number of nitrogens with one attached hydrogen (secondary N) is 1. The van der Waals surface area contributed by atoms with Gasteiger partial charge in [0, 0.05) is 17.8 Å². The molecule has 2 amide bonds. The molecular formula is C28H30N2O4. The van der Waals surface area contributed by atoms with Crippen LogP contribution in [0.15, 0.2) is 72.8 Å². The predicted octanol–water partition coefficient (Wildman–Crippen LogP) is 5.39. The Morgan fingerprint density at radius 2 is 1.56 bits per heavy atom. The molecule has 1 fully saturated rings. The second kappa shape index (κ2) is 10.4. The summed E-state index contributed by atoms with van der Waals surface area (Å²) in [6.45, 7) is 2.07. The third kappa shape index (κ3) is 4.76. The number of ether oxygens (including phenoxy) is 2. The Hall–Kier alpha value is -3.80. The molecule has 2 unspecified atom stereocenters. The van der Waals surface area contributed by atoms with Crippen LogP contribution in [0.4, 0.5) is 11.4 Å². The van der Waals surface area contributed by atoms with Gasteiger partial charge < -0.3 is 19.7 Å². The molecule has 0 radical (unpaired) electrons. The maximum atomic E-state index is 13.6. The highest BCUT2D eigenvalue weighted by atomic mass is 16.5. The van der Waals surface area contributed by atoms with Gasteiger partial charge in [0.05, 0.1) is 26.2 Å². The fraction of sp³-hybridized carbons (Fsp3) is 0.286. The van der Waals surface area contributed by atoms with Crippen molar-refractivity contribution in [2.45, 2.75) is 32.2 Å². The molecule has 6 heteroatoms. The van der Waals surface area contributed by atoms with E-state index in [4.69, 9.17) is 9.47 Å². The van der Waals surface area contributed by atoms with E-state index in [1.165, 1.54) is 0 Å². The molecular weight excluding hydrogens is 428 g/mol. The summed E-state index contributed by atoms with van der Waals surface area (Å²) in [7, 11) is 3.22. The van der Waals surface area contributed by atoms with Gasteiger partial charge in [0.15, 0.2) is 0 Å². The van der Waals surface area contributed by atoms with Crippen LogP contribution in [0.3, 0.4) is 0 Å². The molecule has 0 aromatic heterocycles. The van der Waals surface area contributed by atoms with Crippen LogP contribution in [0, 0.1) is 5.92 Å². The van der Waals surface area contributed by atoms with E-state index in [2.05, 4.69) is 12.2 Å². The summed E-state index contributed by atoms with van der Waals surface area (Å²) in [5, 5.41) is 3.14. The number of para-hydroxylation sites is 1. The summed E-state index contributed by atoms with van der Waals surface area (Å²) in [5.41, 5.74) is 3.51. The summed E-state index contributed by atoms with van der Waals surface area (Å²) in [6.07, 6.45) is 1.59. The first-order valence-electron chi connectivity index (χ1n) is 11.5. The fourth-order valence-electron chi connectivity index (χ4n) is 4.57. The van der Waals surface area contributed by atoms with Crippen LogP contribution in [0.2, 0.25) is 0 Å². The highest BCUT2D eigenvalue weighted by Crippen LogP contribution is 2.41. The van der Waals surface area contributed by atoms with Gasteiger partial charge in [-0.15, -0.1) is 0 Å². The van der Waals surface area contributed by atoms with Gasteiger partial charge in [-0.25, -0.2) is 0 Å². The Morgan fingerprint density at radius 3 is 2.18 bits per heavy atom. The van der Waals surface area contributed by atoms with E-state index >= 15 is 0 Å². The molecule has 1 aliphatic rings. The van der Waals surface area contributed by atoms with Gasteiger partial charge in [0.2, 0.25) is 11.8 Å². The molecule has 0 aliphatic carbocycles. The Morgan fingerprint density at radius 1 is 0.941 bits per heavy atom. The zero-order chi connectivity index (χ0) is 24.1. The first kappa shape index (κ1) is 23.4. The zero-order valence-electron chi connectivity index (χ0n) is 19.8. The molecule has 0 bridgehead atoms. The van der Waals surface area contributed by atoms with E-state index in [0.29, 0.717) is 18.6 Å². The number of hydrogen-bond donors (Lipinski definition) is 1. The molecule has 0 saturated carbocycles. The van der Waals surface area contributed by atoms with Crippen molar-refractivity contribution in [1.29, 1.82) is 0 Å². The fourth-order valence-corrected chi connectivity index (χ4v) is 4.57. The van der Waals surface area contributed by atoms with Crippen molar-refractivity contribution >= 4 is 23.2 Å². The standard InChI is InChI=1S/C28H30N2O4/c1-4-19-7-5-6-8-25(19)29-28(32)24-17-18-26(31)30(21-11-15-23(34-3)16-12-21)27(24)20-9-13-22(33-2)14-10-20/h5-16,24,27H,4,17-18H2,1-3H3,(H,29,32). The summed E-state index contributed by atoms with van der Waals surface area (Å²) in [6, 6.07) is 22.3. The second-order valence-corrected chi connectivity index (χ2v) is 8.32. The highest BCUT2D eigenvalue weighted by molar-refractivity contribution is 6.00. The Balaban J connectivity index is 1.74. The summed E-state index contributed by atoms with van der Waals surface area (Å²) < 4.78 is 10.6. The topological polar surface area (TPSA) is 67.9 Å². The molecule has 1 saturated heterocycles. The molecule has 4 rings (SSSR count). The lowest BCUT2D eigenvalue weighted by atomic mass is 9.83. The average Bonchev–Trinajstić information content (AvgIpc) is 2.89. The van der Waals surface area contributed by atoms with E-state index in [1.54, 1.807) is 19.1 Å². The third-order valence-corrected chi connectivity index (χ3v) is 6.40. The minimum absolute atomic E-state index is 0.0102. The maximum Gasteiger partial charge on any atom is 0.229 e. The molecule has 2 atom stereocenters. The number of carbonyl (C=O) groups is 2. The summed E-state index contributed by atoms with van der Waals surface area (Å²) in [5.74, 6) is 0.911. The number of hydrogen-bond acceptors (Lipinski definition) is 4. The monoisotopic (exact) mass is 458 g/mol. The molecule has 3 aromatic carbocycles. The van der Waals surface area contributed by atoms with Crippen LogP contribution in [0.1, 0.15) is 36.9 Å². The SMILES string of the molecule is CCc1ccccc1NC(=O)C1CCC(=O)N(c2ccc(OC)cc2)C1c1ccc(OC)cc1. The molecule has 0 spiro atoms. The van der Waals surface area contributed by atoms with Crippen LogP contribution in [-0.4, -0.2) is 26.0 Å². The lowest BCUT2D eigenvalue weighted by molar-refractivity contribution is -0.125. The third-order valence-electron chi connectivity index (χ3n) is 6.40. The number of nitrogens with zero attached hydrogens (tertiary/aromatic N) is 1. The van der Waals surface area contributed by atoms with Crippen molar-refractivity contribution in [3.8, 4) is 11.5 Å². The number of benzene rings is 3. The minimum atomic E-state index is -0.450. The van der Waals surface area contributed by atoms with Crippen molar-refractivity contribution in [3.63, 3.8) is 0 Å². The molecule has 1 heterocycles. The van der Waals surface area contributed by atoms with Gasteiger partial charge in [0.25, 0.3) is 0 Å². The van der Waals surface area contributed by atoms with Crippen LogP contribution < -0.4 is 19.7 Å². The van der Waals surface area contributed by atoms with Crippen LogP contribution in [0.5, 0.6) is 11.5 Å². The van der Waals surface area contributed by atoms with E-state index in [1.807, 2.05) is 72.8 Å². The van der Waals surface area contributed by atoms with Crippen molar-refractivity contribution in [2.24, 2.45) is 5.92 Å². The van der Waals surface area contributed by atoms with E-state index in [9.17, 15) is 9.59 Å². The molecule has 1 aliphatic heterocycles. The molecule has 6 nitrogen and oxygen atoms in total. The van der Waals surface area contributed by atoms with Gasteiger partial charge >= 0.3 is 0 Å². The van der Waals surface area contributed by atoms with Crippen LogP contribution in [-0.2, 0) is 16.0 Å². The first-order valence-corrected chi connectivity index (χ1v) is 11.5. The highest BCUT2D eigenvalue weighted by Gasteiger charge is 2.41. The smallest absolute Gasteiger partial charge is 0.229 e. The number of amides is 2. The Kier molecular flexibility index (Phi) is 7.16. The normalized spacial score (nSPS) is 17.9. The largest absolute Gasteiger partial charge is 0.497 e. The summed E-state index contributed by atoms with van der Waals surface area (Å²) in [4.78, 5) is 28.6. The number of aryl methyl sites for hydroxylation is 1. The van der Waals surface area contributed by atoms with Crippen LogP contribution >= 0.6 is 0 Å². The first-order chi connectivity index (χ1) is 16.5. The van der Waals surface area contributed by atoms with Gasteiger partial charge in [-0.2, -0.15) is 0 Å². The van der Waals surface area contributed by atoms with Crippen molar-refractivity contribution in [2.75, 3.05) is 24.4 Å². The lowest BCUT2D eigenvalue weighted by Gasteiger charge is -2.41. The minimum Gasteiger partial charge on any atom is -0.497 e. The average molecular weight is 459 g/mol.